The van der Waals surface area contributed by atoms with E-state index in [9.17, 15) is 8.42 Å². The van der Waals surface area contributed by atoms with Gasteiger partial charge in [0.1, 0.15) is 0 Å². The summed E-state index contributed by atoms with van der Waals surface area (Å²) in [4.78, 5) is 2.40. The van der Waals surface area contributed by atoms with Gasteiger partial charge >= 0.3 is 0 Å². The fourth-order valence-corrected chi connectivity index (χ4v) is 3.43. The van der Waals surface area contributed by atoms with Gasteiger partial charge in [-0.2, -0.15) is 0 Å². The van der Waals surface area contributed by atoms with Crippen molar-refractivity contribution in [2.24, 2.45) is 0 Å². The highest BCUT2D eigenvalue weighted by Crippen LogP contribution is 2.27. The second-order valence-electron chi connectivity index (χ2n) is 5.61. The summed E-state index contributed by atoms with van der Waals surface area (Å²) in [5.41, 5.74) is 0. The lowest BCUT2D eigenvalue weighted by Crippen LogP contribution is -2.45. The normalized spacial score (nSPS) is 25.6. The Labute approximate surface area is 111 Å². The first-order valence-electron chi connectivity index (χ1n) is 7.28. The molecule has 0 aromatic rings. The van der Waals surface area contributed by atoms with Crippen LogP contribution in [0.2, 0.25) is 0 Å². The molecule has 1 aliphatic carbocycles. The summed E-state index contributed by atoms with van der Waals surface area (Å²) >= 11 is 0. The minimum absolute atomic E-state index is 0.271. The van der Waals surface area contributed by atoms with Gasteiger partial charge in [-0.3, -0.25) is 4.90 Å². The minimum atomic E-state index is -2.82. The van der Waals surface area contributed by atoms with E-state index in [1.165, 1.54) is 32.1 Å². The molecular formula is C13H26N2O2S. The topological polar surface area (TPSA) is 49.4 Å². The maximum absolute atomic E-state index is 11.6. The molecule has 2 aliphatic rings. The van der Waals surface area contributed by atoms with E-state index in [4.69, 9.17) is 0 Å². The van der Waals surface area contributed by atoms with Gasteiger partial charge in [-0.1, -0.05) is 13.3 Å². The van der Waals surface area contributed by atoms with Crippen molar-refractivity contribution in [3.63, 3.8) is 0 Å². The molecule has 0 aromatic heterocycles. The molecule has 1 heterocycles. The molecule has 0 aromatic carbocycles. The Bertz CT molecular complexity index is 346. The zero-order valence-corrected chi connectivity index (χ0v) is 12.2. The quantitative estimate of drug-likeness (QED) is 0.753. The molecule has 0 amide bonds. The molecular weight excluding hydrogens is 248 g/mol. The molecule has 0 radical (unpaired) electrons. The first kappa shape index (κ1) is 14.3. The summed E-state index contributed by atoms with van der Waals surface area (Å²) in [6, 6.07) is 1.23. The Balaban J connectivity index is 1.80. The molecule has 0 spiro atoms. The van der Waals surface area contributed by atoms with Crippen LogP contribution in [0.25, 0.3) is 0 Å². The van der Waals surface area contributed by atoms with Crippen molar-refractivity contribution in [1.82, 2.24) is 10.2 Å². The molecule has 1 atom stereocenters. The zero-order valence-electron chi connectivity index (χ0n) is 11.4. The molecule has 4 nitrogen and oxygen atoms in total. The van der Waals surface area contributed by atoms with Crippen molar-refractivity contribution in [3.05, 3.63) is 0 Å². The Morgan fingerprint density at radius 3 is 2.56 bits per heavy atom. The summed E-state index contributed by atoms with van der Waals surface area (Å²) in [7, 11) is -2.82. The molecule has 2 fully saturated rings. The third-order valence-electron chi connectivity index (χ3n) is 4.06. The monoisotopic (exact) mass is 274 g/mol. The SMILES string of the molecule is CCS(=O)(=O)CCN(CC1CCCCN1)C1CC1. The largest absolute Gasteiger partial charge is 0.313 e. The van der Waals surface area contributed by atoms with E-state index in [2.05, 4.69) is 10.2 Å². The maximum Gasteiger partial charge on any atom is 0.151 e. The van der Waals surface area contributed by atoms with Crippen LogP contribution in [0.5, 0.6) is 0 Å². The molecule has 1 saturated heterocycles. The van der Waals surface area contributed by atoms with Crippen LogP contribution in [0, 0.1) is 0 Å². The van der Waals surface area contributed by atoms with Crippen molar-refractivity contribution in [2.75, 3.05) is 31.1 Å². The molecule has 1 saturated carbocycles. The molecule has 1 aliphatic heterocycles. The van der Waals surface area contributed by atoms with E-state index in [0.29, 0.717) is 17.8 Å². The van der Waals surface area contributed by atoms with Crippen LogP contribution >= 0.6 is 0 Å². The Morgan fingerprint density at radius 2 is 2.00 bits per heavy atom. The van der Waals surface area contributed by atoms with E-state index in [-0.39, 0.29) is 5.75 Å². The van der Waals surface area contributed by atoms with Crippen LogP contribution in [0.15, 0.2) is 0 Å². The number of hydrogen-bond donors (Lipinski definition) is 1. The number of rotatable bonds is 7. The average Bonchev–Trinajstić information content (AvgIpc) is 3.20. The highest BCUT2D eigenvalue weighted by Gasteiger charge is 2.31. The smallest absolute Gasteiger partial charge is 0.151 e. The Kier molecular flexibility index (Phi) is 5.04. The molecule has 106 valence electrons. The van der Waals surface area contributed by atoms with E-state index in [0.717, 1.165) is 19.6 Å². The van der Waals surface area contributed by atoms with Crippen LogP contribution < -0.4 is 5.32 Å². The second-order valence-corrected chi connectivity index (χ2v) is 8.08. The average molecular weight is 274 g/mol. The fraction of sp³-hybridized carbons (Fsp3) is 1.00. The molecule has 2 rings (SSSR count). The third kappa shape index (κ3) is 4.52. The van der Waals surface area contributed by atoms with Crippen molar-refractivity contribution < 1.29 is 8.42 Å². The minimum Gasteiger partial charge on any atom is -0.313 e. The number of piperidine rings is 1. The molecule has 18 heavy (non-hydrogen) atoms. The van der Waals surface area contributed by atoms with Crippen LogP contribution in [-0.4, -0.2) is 56.5 Å². The van der Waals surface area contributed by atoms with Crippen molar-refractivity contribution in [3.8, 4) is 0 Å². The number of sulfone groups is 1. The molecule has 0 bridgehead atoms. The second kappa shape index (κ2) is 6.35. The lowest BCUT2D eigenvalue weighted by Gasteiger charge is -2.30. The fourth-order valence-electron chi connectivity index (χ4n) is 2.63. The van der Waals surface area contributed by atoms with Gasteiger partial charge < -0.3 is 5.32 Å². The van der Waals surface area contributed by atoms with Crippen molar-refractivity contribution in [2.45, 2.75) is 51.1 Å². The Morgan fingerprint density at radius 1 is 1.22 bits per heavy atom. The number of nitrogens with zero attached hydrogens (tertiary/aromatic N) is 1. The van der Waals surface area contributed by atoms with Gasteiger partial charge in [0.2, 0.25) is 0 Å². The van der Waals surface area contributed by atoms with Gasteiger partial charge in [0.25, 0.3) is 0 Å². The summed E-state index contributed by atoms with van der Waals surface area (Å²) in [6.45, 7) is 4.61. The lowest BCUT2D eigenvalue weighted by molar-refractivity contribution is 0.226. The summed E-state index contributed by atoms with van der Waals surface area (Å²) in [5.74, 6) is 0.597. The van der Waals surface area contributed by atoms with Gasteiger partial charge in [-0.05, 0) is 32.2 Å². The van der Waals surface area contributed by atoms with Crippen LogP contribution in [0.4, 0.5) is 0 Å². The predicted molar refractivity (Wildman–Crippen MR) is 74.6 cm³/mol. The Hall–Kier alpha value is -0.130. The van der Waals surface area contributed by atoms with Crippen molar-refractivity contribution >= 4 is 9.84 Å². The first-order chi connectivity index (χ1) is 8.61. The summed E-state index contributed by atoms with van der Waals surface area (Å²) in [6.07, 6.45) is 6.33. The van der Waals surface area contributed by atoms with Crippen LogP contribution in [-0.2, 0) is 9.84 Å². The lowest BCUT2D eigenvalue weighted by atomic mass is 10.0. The third-order valence-corrected chi connectivity index (χ3v) is 5.74. The van der Waals surface area contributed by atoms with E-state index < -0.39 is 9.84 Å². The molecule has 1 N–H and O–H groups in total. The van der Waals surface area contributed by atoms with Gasteiger partial charge in [0.15, 0.2) is 9.84 Å². The molecule has 5 heteroatoms. The van der Waals surface area contributed by atoms with Gasteiger partial charge in [-0.25, -0.2) is 8.42 Å². The van der Waals surface area contributed by atoms with E-state index >= 15 is 0 Å². The summed E-state index contributed by atoms with van der Waals surface area (Å²) < 4.78 is 23.2. The highest BCUT2D eigenvalue weighted by atomic mass is 32.2. The molecule has 1 unspecified atom stereocenters. The van der Waals surface area contributed by atoms with E-state index in [1.54, 1.807) is 6.92 Å². The van der Waals surface area contributed by atoms with Gasteiger partial charge in [-0.15, -0.1) is 0 Å². The van der Waals surface area contributed by atoms with Gasteiger partial charge in [0, 0.05) is 30.9 Å². The standard InChI is InChI=1S/C13H26N2O2S/c1-2-18(16,17)10-9-15(13-6-7-13)11-12-5-3-4-8-14-12/h12-14H,2-11H2,1H3. The highest BCUT2D eigenvalue weighted by molar-refractivity contribution is 7.91. The first-order valence-corrected chi connectivity index (χ1v) is 9.11. The van der Waals surface area contributed by atoms with Crippen LogP contribution in [0.1, 0.15) is 39.0 Å². The van der Waals surface area contributed by atoms with E-state index in [1.807, 2.05) is 0 Å². The van der Waals surface area contributed by atoms with Crippen LogP contribution in [0.3, 0.4) is 0 Å². The zero-order chi connectivity index (χ0) is 13.0. The maximum atomic E-state index is 11.6. The van der Waals surface area contributed by atoms with Gasteiger partial charge in [0.05, 0.1) is 5.75 Å². The van der Waals surface area contributed by atoms with Crippen molar-refractivity contribution in [1.29, 1.82) is 0 Å². The predicted octanol–water partition coefficient (Wildman–Crippen LogP) is 1.03. The number of hydrogen-bond acceptors (Lipinski definition) is 4. The summed E-state index contributed by atoms with van der Waals surface area (Å²) in [5, 5.41) is 3.55. The number of nitrogens with one attached hydrogen (secondary N) is 1.